The Morgan fingerprint density at radius 2 is 2.06 bits per heavy atom. The molecular weight excluding hydrogens is 200 g/mol. The van der Waals surface area contributed by atoms with Gasteiger partial charge in [0.1, 0.15) is 0 Å². The van der Waals surface area contributed by atoms with Crippen molar-refractivity contribution in [1.82, 2.24) is 5.32 Å². The van der Waals surface area contributed by atoms with Gasteiger partial charge >= 0.3 is 0 Å². The normalized spacial score (nSPS) is 9.12. The highest BCUT2D eigenvalue weighted by molar-refractivity contribution is 5.72. The van der Waals surface area contributed by atoms with E-state index in [-0.39, 0.29) is 5.91 Å². The van der Waals surface area contributed by atoms with E-state index in [0.29, 0.717) is 19.5 Å². The SMILES string of the molecule is CC(=O)NCCC#Cc1ccc(CN)cc1. The predicted molar refractivity (Wildman–Crippen MR) is 64.5 cm³/mol. The maximum absolute atomic E-state index is 10.6. The molecule has 1 amide bonds. The fraction of sp³-hybridized carbons (Fsp3) is 0.308. The van der Waals surface area contributed by atoms with Crippen LogP contribution in [0, 0.1) is 11.8 Å². The first-order valence-corrected chi connectivity index (χ1v) is 5.24. The number of amides is 1. The molecule has 0 saturated carbocycles. The molecule has 0 aromatic heterocycles. The second kappa shape index (κ2) is 6.65. The highest BCUT2D eigenvalue weighted by atomic mass is 16.1. The number of nitrogens with one attached hydrogen (secondary N) is 1. The van der Waals surface area contributed by atoms with Gasteiger partial charge in [-0.3, -0.25) is 4.79 Å². The zero-order valence-corrected chi connectivity index (χ0v) is 9.42. The summed E-state index contributed by atoms with van der Waals surface area (Å²) in [4.78, 5) is 10.6. The summed E-state index contributed by atoms with van der Waals surface area (Å²) in [6.45, 7) is 2.65. The minimum absolute atomic E-state index is 0.0194. The average molecular weight is 216 g/mol. The molecule has 1 aromatic rings. The fourth-order valence-electron chi connectivity index (χ4n) is 1.19. The Kier molecular flexibility index (Phi) is 5.10. The predicted octanol–water partition coefficient (Wildman–Crippen LogP) is 1.02. The van der Waals surface area contributed by atoms with Crippen LogP contribution in [0.3, 0.4) is 0 Å². The van der Waals surface area contributed by atoms with Crippen molar-refractivity contribution in [3.05, 3.63) is 35.4 Å². The average Bonchev–Trinajstić information content (AvgIpc) is 2.29. The minimum Gasteiger partial charge on any atom is -0.355 e. The monoisotopic (exact) mass is 216 g/mol. The van der Waals surface area contributed by atoms with E-state index in [2.05, 4.69) is 17.2 Å². The number of carbonyl (C=O) groups is 1. The van der Waals surface area contributed by atoms with Crippen molar-refractivity contribution < 1.29 is 4.79 Å². The summed E-state index contributed by atoms with van der Waals surface area (Å²) < 4.78 is 0. The molecule has 3 N–H and O–H groups in total. The zero-order valence-electron chi connectivity index (χ0n) is 9.42. The molecule has 0 aliphatic carbocycles. The topological polar surface area (TPSA) is 55.1 Å². The Balaban J connectivity index is 2.41. The molecule has 0 radical (unpaired) electrons. The quantitative estimate of drug-likeness (QED) is 0.585. The Morgan fingerprint density at radius 3 is 2.62 bits per heavy atom. The summed E-state index contributed by atoms with van der Waals surface area (Å²) in [5, 5.41) is 2.69. The Labute approximate surface area is 96.0 Å². The van der Waals surface area contributed by atoms with Crippen LogP contribution in [0.5, 0.6) is 0 Å². The second-order valence-corrected chi connectivity index (χ2v) is 3.44. The van der Waals surface area contributed by atoms with Gasteiger partial charge in [0.05, 0.1) is 0 Å². The first kappa shape index (κ1) is 12.3. The molecule has 1 rings (SSSR count). The molecule has 0 aliphatic rings. The van der Waals surface area contributed by atoms with E-state index in [4.69, 9.17) is 5.73 Å². The molecule has 0 bridgehead atoms. The highest BCUT2D eigenvalue weighted by Crippen LogP contribution is 2.01. The third-order valence-corrected chi connectivity index (χ3v) is 2.05. The van der Waals surface area contributed by atoms with E-state index in [9.17, 15) is 4.79 Å². The van der Waals surface area contributed by atoms with E-state index < -0.39 is 0 Å². The van der Waals surface area contributed by atoms with Crippen LogP contribution < -0.4 is 11.1 Å². The van der Waals surface area contributed by atoms with Crippen molar-refractivity contribution in [2.45, 2.75) is 19.9 Å². The summed E-state index contributed by atoms with van der Waals surface area (Å²) in [6.07, 6.45) is 0.665. The van der Waals surface area contributed by atoms with E-state index in [1.807, 2.05) is 24.3 Å². The maximum atomic E-state index is 10.6. The highest BCUT2D eigenvalue weighted by Gasteiger charge is 1.89. The van der Waals surface area contributed by atoms with E-state index in [1.54, 1.807) is 0 Å². The van der Waals surface area contributed by atoms with Gasteiger partial charge in [0.25, 0.3) is 0 Å². The van der Waals surface area contributed by atoms with Crippen LogP contribution in [0.15, 0.2) is 24.3 Å². The van der Waals surface area contributed by atoms with E-state index >= 15 is 0 Å². The summed E-state index contributed by atoms with van der Waals surface area (Å²) in [7, 11) is 0. The van der Waals surface area contributed by atoms with Crippen LogP contribution in [-0.4, -0.2) is 12.5 Å². The third kappa shape index (κ3) is 4.63. The van der Waals surface area contributed by atoms with Gasteiger partial charge in [-0.05, 0) is 17.7 Å². The van der Waals surface area contributed by atoms with Gasteiger partial charge in [0, 0.05) is 32.0 Å². The molecule has 16 heavy (non-hydrogen) atoms. The number of benzene rings is 1. The molecule has 3 nitrogen and oxygen atoms in total. The summed E-state index contributed by atoms with van der Waals surface area (Å²) in [5.41, 5.74) is 7.56. The maximum Gasteiger partial charge on any atom is 0.216 e. The summed E-state index contributed by atoms with van der Waals surface area (Å²) >= 11 is 0. The molecule has 0 heterocycles. The van der Waals surface area contributed by atoms with Gasteiger partial charge in [0.15, 0.2) is 0 Å². The number of carbonyl (C=O) groups excluding carboxylic acids is 1. The van der Waals surface area contributed by atoms with Crippen molar-refractivity contribution in [3.63, 3.8) is 0 Å². The Hall–Kier alpha value is -1.79. The molecule has 0 saturated heterocycles. The van der Waals surface area contributed by atoms with Crippen LogP contribution >= 0.6 is 0 Å². The van der Waals surface area contributed by atoms with Crippen LogP contribution in [0.25, 0.3) is 0 Å². The van der Waals surface area contributed by atoms with Crippen molar-refractivity contribution in [3.8, 4) is 11.8 Å². The summed E-state index contributed by atoms with van der Waals surface area (Å²) in [6, 6.07) is 7.84. The molecule has 0 unspecified atom stereocenters. The molecule has 84 valence electrons. The lowest BCUT2D eigenvalue weighted by Crippen LogP contribution is -2.20. The summed E-state index contributed by atoms with van der Waals surface area (Å²) in [5.74, 6) is 6.01. The standard InChI is InChI=1S/C13H16N2O/c1-11(16)15-9-3-2-4-12-5-7-13(10-14)8-6-12/h5-8H,3,9-10,14H2,1H3,(H,15,16). The zero-order chi connectivity index (χ0) is 11.8. The van der Waals surface area contributed by atoms with Gasteiger partial charge in [-0.2, -0.15) is 0 Å². The smallest absolute Gasteiger partial charge is 0.216 e. The molecule has 0 spiro atoms. The number of hydrogen-bond donors (Lipinski definition) is 2. The van der Waals surface area contributed by atoms with E-state index in [0.717, 1.165) is 11.1 Å². The molecule has 0 aliphatic heterocycles. The van der Waals surface area contributed by atoms with Gasteiger partial charge in [0.2, 0.25) is 5.91 Å². The molecule has 3 heteroatoms. The number of rotatable bonds is 3. The second-order valence-electron chi connectivity index (χ2n) is 3.44. The van der Waals surface area contributed by atoms with Crippen LogP contribution in [0.4, 0.5) is 0 Å². The first-order chi connectivity index (χ1) is 7.72. The van der Waals surface area contributed by atoms with Crippen molar-refractivity contribution in [2.75, 3.05) is 6.54 Å². The Morgan fingerprint density at radius 1 is 1.38 bits per heavy atom. The lowest BCUT2D eigenvalue weighted by Gasteiger charge is -1.96. The number of hydrogen-bond acceptors (Lipinski definition) is 2. The molecule has 0 fully saturated rings. The van der Waals surface area contributed by atoms with Crippen LogP contribution in [0.2, 0.25) is 0 Å². The third-order valence-electron chi connectivity index (χ3n) is 2.05. The van der Waals surface area contributed by atoms with Crippen molar-refractivity contribution in [2.24, 2.45) is 5.73 Å². The van der Waals surface area contributed by atoms with Gasteiger partial charge < -0.3 is 11.1 Å². The molecule has 1 aromatic carbocycles. The minimum atomic E-state index is -0.0194. The first-order valence-electron chi connectivity index (χ1n) is 5.24. The lowest BCUT2D eigenvalue weighted by atomic mass is 10.1. The van der Waals surface area contributed by atoms with Crippen molar-refractivity contribution in [1.29, 1.82) is 0 Å². The van der Waals surface area contributed by atoms with Gasteiger partial charge in [-0.25, -0.2) is 0 Å². The van der Waals surface area contributed by atoms with Gasteiger partial charge in [-0.1, -0.05) is 24.0 Å². The molecule has 0 atom stereocenters. The largest absolute Gasteiger partial charge is 0.355 e. The fourth-order valence-corrected chi connectivity index (χ4v) is 1.19. The molecular formula is C13H16N2O. The Bertz CT molecular complexity index is 398. The van der Waals surface area contributed by atoms with E-state index in [1.165, 1.54) is 6.92 Å². The van der Waals surface area contributed by atoms with Crippen LogP contribution in [-0.2, 0) is 11.3 Å². The lowest BCUT2D eigenvalue weighted by molar-refractivity contribution is -0.118. The van der Waals surface area contributed by atoms with Crippen LogP contribution in [0.1, 0.15) is 24.5 Å². The number of nitrogens with two attached hydrogens (primary N) is 1. The van der Waals surface area contributed by atoms with Gasteiger partial charge in [-0.15, -0.1) is 0 Å². The van der Waals surface area contributed by atoms with Crippen molar-refractivity contribution >= 4 is 5.91 Å².